The molecule has 4 heteroatoms. The number of nitrogen functional groups attached to an aromatic ring is 1. The van der Waals surface area contributed by atoms with Gasteiger partial charge in [0.25, 0.3) is 0 Å². The van der Waals surface area contributed by atoms with Gasteiger partial charge in [-0.3, -0.25) is 0 Å². The summed E-state index contributed by atoms with van der Waals surface area (Å²) in [4.78, 5) is 0. The minimum absolute atomic E-state index is 0.257. The molecule has 0 fully saturated rings. The Hall–Kier alpha value is -2.10. The number of nitrogens with two attached hydrogens (primary N) is 1. The molecule has 0 aliphatic rings. The number of aryl methyl sites for hydroxylation is 1. The molecule has 0 spiro atoms. The van der Waals surface area contributed by atoms with Gasteiger partial charge in [0.05, 0.1) is 6.61 Å². The number of ether oxygens (including phenoxy) is 1. The monoisotopic (exact) mass is 263 g/mol. The van der Waals surface area contributed by atoms with E-state index in [1.807, 2.05) is 24.3 Å². The molecule has 0 radical (unpaired) electrons. The molecule has 0 aliphatic heterocycles. The first-order valence-electron chi connectivity index (χ1n) is 6.08. The van der Waals surface area contributed by atoms with Crippen LogP contribution in [0.4, 0.5) is 14.5 Å². The van der Waals surface area contributed by atoms with E-state index in [0.29, 0.717) is 12.1 Å². The van der Waals surface area contributed by atoms with Crippen molar-refractivity contribution in [3.05, 3.63) is 59.7 Å². The van der Waals surface area contributed by atoms with Crippen molar-refractivity contribution < 1.29 is 13.5 Å². The molecule has 19 heavy (non-hydrogen) atoms. The zero-order valence-corrected chi connectivity index (χ0v) is 10.4. The zero-order chi connectivity index (χ0) is 13.7. The van der Waals surface area contributed by atoms with E-state index in [4.69, 9.17) is 10.5 Å². The molecule has 0 aromatic heterocycles. The molecule has 0 saturated carbocycles. The molecule has 0 atom stereocenters. The molecular formula is C15H15F2NO. The smallest absolute Gasteiger partial charge is 0.190 e. The standard InChI is InChI=1S/C15H15F2NO/c16-13-7-2-8-14(17)15(13)19-9-3-5-11-4-1-6-12(18)10-11/h1-2,4,6-8,10H,3,5,9,18H2. The van der Waals surface area contributed by atoms with Gasteiger partial charge < -0.3 is 10.5 Å². The summed E-state index contributed by atoms with van der Waals surface area (Å²) in [6.07, 6.45) is 1.42. The van der Waals surface area contributed by atoms with Gasteiger partial charge in [0.15, 0.2) is 17.4 Å². The highest BCUT2D eigenvalue weighted by Gasteiger charge is 2.08. The Kier molecular flexibility index (Phi) is 4.34. The maximum absolute atomic E-state index is 13.3. The Balaban J connectivity index is 1.84. The largest absolute Gasteiger partial charge is 0.488 e. The van der Waals surface area contributed by atoms with E-state index in [0.717, 1.165) is 12.0 Å². The van der Waals surface area contributed by atoms with E-state index in [2.05, 4.69) is 0 Å². The topological polar surface area (TPSA) is 35.2 Å². The predicted octanol–water partition coefficient (Wildman–Crippen LogP) is 3.56. The second-order valence-corrected chi connectivity index (χ2v) is 4.25. The van der Waals surface area contributed by atoms with Crippen LogP contribution in [0.2, 0.25) is 0 Å². The van der Waals surface area contributed by atoms with E-state index in [-0.39, 0.29) is 12.4 Å². The normalized spacial score (nSPS) is 10.4. The molecule has 0 saturated heterocycles. The second-order valence-electron chi connectivity index (χ2n) is 4.25. The van der Waals surface area contributed by atoms with Crippen molar-refractivity contribution in [2.45, 2.75) is 12.8 Å². The molecule has 2 aromatic rings. The van der Waals surface area contributed by atoms with Crippen molar-refractivity contribution >= 4 is 5.69 Å². The third-order valence-electron chi connectivity index (χ3n) is 2.73. The van der Waals surface area contributed by atoms with Crippen LogP contribution in [-0.4, -0.2) is 6.61 Å². The molecule has 2 aromatic carbocycles. The van der Waals surface area contributed by atoms with Crippen LogP contribution in [0, 0.1) is 11.6 Å². The maximum Gasteiger partial charge on any atom is 0.190 e. The SMILES string of the molecule is Nc1cccc(CCCOc2c(F)cccc2F)c1. The Morgan fingerprint density at radius 2 is 1.68 bits per heavy atom. The summed E-state index contributed by atoms with van der Waals surface area (Å²) in [6.45, 7) is 0.257. The van der Waals surface area contributed by atoms with Gasteiger partial charge in [0.2, 0.25) is 0 Å². The lowest BCUT2D eigenvalue weighted by atomic mass is 10.1. The maximum atomic E-state index is 13.3. The van der Waals surface area contributed by atoms with Crippen molar-refractivity contribution in [3.63, 3.8) is 0 Å². The zero-order valence-electron chi connectivity index (χ0n) is 10.4. The highest BCUT2D eigenvalue weighted by Crippen LogP contribution is 2.21. The fourth-order valence-electron chi connectivity index (χ4n) is 1.82. The molecule has 2 rings (SSSR count). The first-order valence-corrected chi connectivity index (χ1v) is 6.08. The van der Waals surface area contributed by atoms with Crippen LogP contribution in [-0.2, 0) is 6.42 Å². The number of hydrogen-bond donors (Lipinski definition) is 1. The quantitative estimate of drug-likeness (QED) is 0.661. The molecule has 2 nitrogen and oxygen atoms in total. The van der Waals surface area contributed by atoms with Crippen molar-refractivity contribution in [3.8, 4) is 5.75 Å². The van der Waals surface area contributed by atoms with Gasteiger partial charge in [0, 0.05) is 5.69 Å². The number of rotatable bonds is 5. The molecule has 0 unspecified atom stereocenters. The Labute approximate surface area is 110 Å². The van der Waals surface area contributed by atoms with E-state index in [1.54, 1.807) is 0 Å². The summed E-state index contributed by atoms with van der Waals surface area (Å²) < 4.78 is 31.7. The lowest BCUT2D eigenvalue weighted by molar-refractivity contribution is 0.280. The molecule has 2 N–H and O–H groups in total. The van der Waals surface area contributed by atoms with Gasteiger partial charge in [-0.2, -0.15) is 0 Å². The van der Waals surface area contributed by atoms with Gasteiger partial charge in [-0.1, -0.05) is 18.2 Å². The Bertz CT molecular complexity index is 537. The minimum atomic E-state index is -0.677. The first-order chi connectivity index (χ1) is 9.16. The summed E-state index contributed by atoms with van der Waals surface area (Å²) >= 11 is 0. The second kappa shape index (κ2) is 6.18. The number of halogens is 2. The molecule has 0 heterocycles. The highest BCUT2D eigenvalue weighted by molar-refractivity contribution is 5.40. The highest BCUT2D eigenvalue weighted by atomic mass is 19.1. The van der Waals surface area contributed by atoms with E-state index < -0.39 is 11.6 Å². The lowest BCUT2D eigenvalue weighted by Gasteiger charge is -2.08. The average Bonchev–Trinajstić information content (AvgIpc) is 2.37. The van der Waals surface area contributed by atoms with Crippen molar-refractivity contribution in [1.29, 1.82) is 0 Å². The summed E-state index contributed by atoms with van der Waals surface area (Å²) in [5.74, 6) is -1.66. The summed E-state index contributed by atoms with van der Waals surface area (Å²) in [5, 5.41) is 0. The van der Waals surface area contributed by atoms with E-state index in [1.165, 1.54) is 18.2 Å². The van der Waals surface area contributed by atoms with Crippen molar-refractivity contribution in [2.75, 3.05) is 12.3 Å². The molecule has 0 bridgehead atoms. The number of benzene rings is 2. The number of hydrogen-bond acceptors (Lipinski definition) is 2. The summed E-state index contributed by atoms with van der Waals surface area (Å²) in [7, 11) is 0. The van der Waals surface area contributed by atoms with Crippen LogP contribution in [0.25, 0.3) is 0 Å². The fraction of sp³-hybridized carbons (Fsp3) is 0.200. The number of anilines is 1. The van der Waals surface area contributed by atoms with Crippen LogP contribution >= 0.6 is 0 Å². The summed E-state index contributed by atoms with van der Waals surface area (Å²) in [6, 6.07) is 11.2. The third kappa shape index (κ3) is 3.68. The fourth-order valence-corrected chi connectivity index (χ4v) is 1.82. The Morgan fingerprint density at radius 3 is 2.37 bits per heavy atom. The minimum Gasteiger partial charge on any atom is -0.488 e. The van der Waals surface area contributed by atoms with Crippen LogP contribution in [0.1, 0.15) is 12.0 Å². The van der Waals surface area contributed by atoms with Crippen LogP contribution in [0.3, 0.4) is 0 Å². The average molecular weight is 263 g/mol. The van der Waals surface area contributed by atoms with E-state index >= 15 is 0 Å². The molecular weight excluding hydrogens is 248 g/mol. The molecule has 0 aliphatic carbocycles. The van der Waals surface area contributed by atoms with Gasteiger partial charge in [0.1, 0.15) is 0 Å². The third-order valence-corrected chi connectivity index (χ3v) is 2.73. The van der Waals surface area contributed by atoms with Crippen LogP contribution in [0.15, 0.2) is 42.5 Å². The van der Waals surface area contributed by atoms with Gasteiger partial charge in [-0.15, -0.1) is 0 Å². The predicted molar refractivity (Wildman–Crippen MR) is 71.0 cm³/mol. The molecule has 0 amide bonds. The van der Waals surface area contributed by atoms with Gasteiger partial charge in [-0.25, -0.2) is 8.78 Å². The van der Waals surface area contributed by atoms with Gasteiger partial charge >= 0.3 is 0 Å². The van der Waals surface area contributed by atoms with Crippen molar-refractivity contribution in [2.24, 2.45) is 0 Å². The van der Waals surface area contributed by atoms with Crippen molar-refractivity contribution in [1.82, 2.24) is 0 Å². The van der Waals surface area contributed by atoms with Gasteiger partial charge in [-0.05, 0) is 42.7 Å². The summed E-state index contributed by atoms with van der Waals surface area (Å²) in [5.41, 5.74) is 7.45. The molecule has 100 valence electrons. The number of para-hydroxylation sites is 1. The Morgan fingerprint density at radius 1 is 1.00 bits per heavy atom. The van der Waals surface area contributed by atoms with Crippen LogP contribution < -0.4 is 10.5 Å². The van der Waals surface area contributed by atoms with E-state index in [9.17, 15) is 8.78 Å². The lowest BCUT2D eigenvalue weighted by Crippen LogP contribution is -2.03. The van der Waals surface area contributed by atoms with Crippen LogP contribution in [0.5, 0.6) is 5.75 Å². The first kappa shape index (κ1) is 13.3.